The number of esters is 1. The van der Waals surface area contributed by atoms with Gasteiger partial charge in [0.05, 0.1) is 18.2 Å². The zero-order valence-electron chi connectivity index (χ0n) is 16.5. The average molecular weight is 417 g/mol. The van der Waals surface area contributed by atoms with E-state index < -0.39 is 0 Å². The van der Waals surface area contributed by atoms with Gasteiger partial charge in [-0.15, -0.1) is 11.3 Å². The van der Waals surface area contributed by atoms with Crippen molar-refractivity contribution < 1.29 is 9.53 Å². The molecule has 1 aliphatic carbocycles. The van der Waals surface area contributed by atoms with Gasteiger partial charge in [0.1, 0.15) is 5.00 Å². The summed E-state index contributed by atoms with van der Waals surface area (Å²) >= 11 is 7.24. The summed E-state index contributed by atoms with van der Waals surface area (Å²) < 4.78 is 5.35. The molecule has 28 heavy (non-hydrogen) atoms. The second kappa shape index (κ2) is 10.0. The quantitative estimate of drug-likeness (QED) is 0.363. The van der Waals surface area contributed by atoms with E-state index >= 15 is 0 Å². The molecule has 3 rings (SSSR count). The summed E-state index contributed by atoms with van der Waals surface area (Å²) in [5.74, 6) is -0.248. The van der Waals surface area contributed by atoms with Gasteiger partial charge in [-0.3, -0.25) is 0 Å². The Labute approximate surface area is 176 Å². The number of anilines is 1. The number of thiophene rings is 1. The lowest BCUT2D eigenvalue weighted by molar-refractivity contribution is 0.0527. The van der Waals surface area contributed by atoms with Crippen molar-refractivity contribution in [3.63, 3.8) is 0 Å². The van der Waals surface area contributed by atoms with Gasteiger partial charge in [-0.05, 0) is 62.4 Å². The van der Waals surface area contributed by atoms with E-state index in [0.717, 1.165) is 36.2 Å². The number of thiocarbonyl (C=S) groups is 1. The summed E-state index contributed by atoms with van der Waals surface area (Å²) in [6, 6.07) is 10.4. The lowest BCUT2D eigenvalue weighted by atomic mass is 10.1. The van der Waals surface area contributed by atoms with Gasteiger partial charge in [0, 0.05) is 4.88 Å². The predicted molar refractivity (Wildman–Crippen MR) is 120 cm³/mol. The first kappa shape index (κ1) is 20.8. The van der Waals surface area contributed by atoms with E-state index in [9.17, 15) is 4.79 Å². The first-order valence-corrected chi connectivity index (χ1v) is 11.3. The standard InChI is InChI=1S/C22H28N2O2S2/c1-3-17(15-11-7-5-8-12-15)23-22(27)24-20-19(21(25)26-4-2)16-13-9-6-10-14-18(16)28-20/h5,7-8,11-12,17H,3-4,6,9-10,13-14H2,1-2H3,(H2,23,24,27). The number of aryl methyl sites for hydroxylation is 1. The van der Waals surface area contributed by atoms with E-state index in [2.05, 4.69) is 29.7 Å². The molecule has 4 nitrogen and oxygen atoms in total. The number of carbonyl (C=O) groups is 1. The van der Waals surface area contributed by atoms with Crippen LogP contribution in [-0.4, -0.2) is 17.7 Å². The van der Waals surface area contributed by atoms with Crippen LogP contribution in [0, 0.1) is 0 Å². The number of benzene rings is 1. The third-order valence-corrected chi connectivity index (χ3v) is 6.47. The Morgan fingerprint density at radius 3 is 2.64 bits per heavy atom. The maximum atomic E-state index is 12.7. The van der Waals surface area contributed by atoms with Crippen molar-refractivity contribution in [3.8, 4) is 0 Å². The maximum Gasteiger partial charge on any atom is 0.341 e. The van der Waals surface area contributed by atoms with Crippen LogP contribution in [0.15, 0.2) is 30.3 Å². The second-order valence-electron chi connectivity index (χ2n) is 6.96. The molecule has 1 aromatic heterocycles. The second-order valence-corrected chi connectivity index (χ2v) is 8.47. The molecule has 1 aliphatic rings. The Kier molecular flexibility index (Phi) is 7.45. The predicted octanol–water partition coefficient (Wildman–Crippen LogP) is 5.63. The molecule has 0 radical (unpaired) electrons. The lowest BCUT2D eigenvalue weighted by Gasteiger charge is -2.20. The fourth-order valence-electron chi connectivity index (χ4n) is 3.65. The molecule has 0 spiro atoms. The molecular weight excluding hydrogens is 388 g/mol. The fraction of sp³-hybridized carbons (Fsp3) is 0.455. The number of carbonyl (C=O) groups excluding carboxylic acids is 1. The van der Waals surface area contributed by atoms with Crippen LogP contribution < -0.4 is 10.6 Å². The van der Waals surface area contributed by atoms with Gasteiger partial charge in [-0.2, -0.15) is 0 Å². The minimum atomic E-state index is -0.248. The van der Waals surface area contributed by atoms with Crippen LogP contribution in [0.2, 0.25) is 0 Å². The zero-order chi connectivity index (χ0) is 19.9. The summed E-state index contributed by atoms with van der Waals surface area (Å²) in [5.41, 5.74) is 3.03. The van der Waals surface area contributed by atoms with Crippen molar-refractivity contribution >= 4 is 39.6 Å². The molecular formula is C22H28N2O2S2. The van der Waals surface area contributed by atoms with Gasteiger partial charge in [-0.1, -0.05) is 43.7 Å². The van der Waals surface area contributed by atoms with Gasteiger partial charge in [0.15, 0.2) is 5.11 Å². The van der Waals surface area contributed by atoms with Crippen LogP contribution in [0.25, 0.3) is 0 Å². The highest BCUT2D eigenvalue weighted by atomic mass is 32.1. The Morgan fingerprint density at radius 1 is 1.18 bits per heavy atom. The summed E-state index contributed by atoms with van der Waals surface area (Å²) in [6.07, 6.45) is 6.37. The largest absolute Gasteiger partial charge is 0.462 e. The van der Waals surface area contributed by atoms with Gasteiger partial charge < -0.3 is 15.4 Å². The number of hydrogen-bond donors (Lipinski definition) is 2. The minimum Gasteiger partial charge on any atom is -0.462 e. The Bertz CT molecular complexity index is 817. The third kappa shape index (κ3) is 4.92. The van der Waals surface area contributed by atoms with E-state index in [4.69, 9.17) is 17.0 Å². The summed E-state index contributed by atoms with van der Waals surface area (Å²) in [7, 11) is 0. The van der Waals surface area contributed by atoms with E-state index in [1.165, 1.54) is 23.3 Å². The van der Waals surface area contributed by atoms with Gasteiger partial charge in [0.2, 0.25) is 0 Å². The van der Waals surface area contributed by atoms with Crippen molar-refractivity contribution in [3.05, 3.63) is 51.9 Å². The molecule has 0 amide bonds. The Morgan fingerprint density at radius 2 is 1.93 bits per heavy atom. The first-order valence-electron chi connectivity index (χ1n) is 10.1. The van der Waals surface area contributed by atoms with E-state index in [-0.39, 0.29) is 12.0 Å². The first-order chi connectivity index (χ1) is 13.6. The summed E-state index contributed by atoms with van der Waals surface area (Å²) in [5, 5.41) is 8.05. The number of nitrogens with one attached hydrogen (secondary N) is 2. The number of rotatable bonds is 6. The van der Waals surface area contributed by atoms with Crippen LogP contribution in [0.5, 0.6) is 0 Å². The van der Waals surface area contributed by atoms with Crippen LogP contribution >= 0.6 is 23.6 Å². The molecule has 2 aromatic rings. The van der Waals surface area contributed by atoms with Crippen LogP contribution in [0.3, 0.4) is 0 Å². The van der Waals surface area contributed by atoms with Crippen molar-refractivity contribution in [2.24, 2.45) is 0 Å². The topological polar surface area (TPSA) is 50.4 Å². The SMILES string of the molecule is CCOC(=O)c1c(NC(=S)NC(CC)c2ccccc2)sc2c1CCCCC2. The number of hydrogen-bond acceptors (Lipinski definition) is 4. The van der Waals surface area contributed by atoms with Crippen molar-refractivity contribution in [2.75, 3.05) is 11.9 Å². The average Bonchev–Trinajstić information content (AvgIpc) is 2.87. The normalized spacial score (nSPS) is 14.5. The smallest absolute Gasteiger partial charge is 0.341 e. The lowest BCUT2D eigenvalue weighted by Crippen LogP contribution is -2.32. The molecule has 6 heteroatoms. The molecule has 1 atom stereocenters. The molecule has 1 aromatic carbocycles. The highest BCUT2D eigenvalue weighted by Crippen LogP contribution is 2.38. The number of fused-ring (bicyclic) bond motifs is 1. The molecule has 150 valence electrons. The van der Waals surface area contributed by atoms with Crippen LogP contribution in [0.4, 0.5) is 5.00 Å². The monoisotopic (exact) mass is 416 g/mol. The van der Waals surface area contributed by atoms with E-state index in [0.29, 0.717) is 17.3 Å². The molecule has 1 unspecified atom stereocenters. The van der Waals surface area contributed by atoms with Crippen LogP contribution in [-0.2, 0) is 17.6 Å². The highest BCUT2D eigenvalue weighted by Gasteiger charge is 2.26. The zero-order valence-corrected chi connectivity index (χ0v) is 18.2. The van der Waals surface area contributed by atoms with Gasteiger partial charge in [0.25, 0.3) is 0 Å². The molecule has 2 N–H and O–H groups in total. The molecule has 0 saturated carbocycles. The summed E-state index contributed by atoms with van der Waals surface area (Å²) in [6.45, 7) is 4.34. The fourth-order valence-corrected chi connectivity index (χ4v) is 5.24. The van der Waals surface area contributed by atoms with Gasteiger partial charge in [-0.25, -0.2) is 4.79 Å². The Hall–Kier alpha value is -1.92. The molecule has 0 saturated heterocycles. The van der Waals surface area contributed by atoms with Crippen molar-refractivity contribution in [1.82, 2.24) is 5.32 Å². The maximum absolute atomic E-state index is 12.7. The van der Waals surface area contributed by atoms with Gasteiger partial charge >= 0.3 is 5.97 Å². The third-order valence-electron chi connectivity index (χ3n) is 5.04. The highest BCUT2D eigenvalue weighted by molar-refractivity contribution is 7.80. The van der Waals surface area contributed by atoms with E-state index in [1.807, 2.05) is 25.1 Å². The molecule has 0 bridgehead atoms. The Balaban J connectivity index is 1.80. The van der Waals surface area contributed by atoms with Crippen molar-refractivity contribution in [1.29, 1.82) is 0 Å². The molecule has 0 aliphatic heterocycles. The molecule has 1 heterocycles. The van der Waals surface area contributed by atoms with Crippen LogP contribution in [0.1, 0.15) is 71.9 Å². The summed E-state index contributed by atoms with van der Waals surface area (Å²) in [4.78, 5) is 14.0. The minimum absolute atomic E-state index is 0.130. The van der Waals surface area contributed by atoms with Crippen molar-refractivity contribution in [2.45, 2.75) is 58.4 Å². The molecule has 0 fully saturated rings. The van der Waals surface area contributed by atoms with E-state index in [1.54, 1.807) is 11.3 Å². The number of ether oxygens (including phenoxy) is 1.